The first-order chi connectivity index (χ1) is 12.6. The molecular formula is C17H11N3O4S2. The average molecular weight is 385 g/mol. The molecule has 1 unspecified atom stereocenters. The molecule has 0 fully saturated rings. The van der Waals surface area contributed by atoms with E-state index in [1.54, 1.807) is 29.6 Å². The third-order valence-electron chi connectivity index (χ3n) is 3.96. The zero-order valence-electron chi connectivity index (χ0n) is 13.1. The Labute approximate surface area is 155 Å². The molecule has 4 rings (SSSR count). The Bertz CT molecular complexity index is 995. The maximum atomic E-state index is 13.0. The first-order valence-electron chi connectivity index (χ1n) is 7.48. The molecule has 0 saturated heterocycles. The van der Waals surface area contributed by atoms with E-state index in [4.69, 9.17) is 0 Å². The van der Waals surface area contributed by atoms with E-state index in [0.717, 1.165) is 11.3 Å². The summed E-state index contributed by atoms with van der Waals surface area (Å²) in [6, 6.07) is 8.62. The summed E-state index contributed by atoms with van der Waals surface area (Å²) < 4.78 is 0. The number of carbonyl (C=O) groups is 2. The number of ketones is 1. The highest BCUT2D eigenvalue weighted by atomic mass is 32.1. The number of benzene rings is 1. The van der Waals surface area contributed by atoms with E-state index < -0.39 is 23.5 Å². The minimum absolute atomic E-state index is 0.0154. The van der Waals surface area contributed by atoms with Crippen LogP contribution in [0.4, 0.5) is 5.13 Å². The van der Waals surface area contributed by atoms with Crippen LogP contribution in [0.15, 0.2) is 58.6 Å². The molecule has 0 saturated carbocycles. The van der Waals surface area contributed by atoms with Crippen LogP contribution < -0.4 is 4.90 Å². The van der Waals surface area contributed by atoms with Crippen molar-refractivity contribution in [3.8, 4) is 5.75 Å². The number of aromatic nitrogens is 2. The van der Waals surface area contributed by atoms with Crippen LogP contribution in [0.25, 0.3) is 0 Å². The Hall–Kier alpha value is -3.04. The van der Waals surface area contributed by atoms with Gasteiger partial charge in [-0.15, -0.1) is 21.5 Å². The van der Waals surface area contributed by atoms with Crippen molar-refractivity contribution in [1.29, 1.82) is 0 Å². The number of phenolic OH excluding ortho intramolecular Hbond substituents is 1. The van der Waals surface area contributed by atoms with Gasteiger partial charge in [-0.25, -0.2) is 0 Å². The molecule has 1 aliphatic rings. The molecule has 9 heteroatoms. The molecule has 3 aromatic rings. The van der Waals surface area contributed by atoms with Gasteiger partial charge in [0.1, 0.15) is 11.3 Å². The number of Topliss-reactive ketones (excluding diaryl/α,β-unsaturated/α-hetero) is 1. The van der Waals surface area contributed by atoms with Crippen LogP contribution in [0, 0.1) is 0 Å². The normalized spacial score (nSPS) is 17.2. The lowest BCUT2D eigenvalue weighted by atomic mass is 9.95. The maximum absolute atomic E-state index is 13.0. The van der Waals surface area contributed by atoms with Gasteiger partial charge in [-0.2, -0.15) is 0 Å². The molecule has 2 N–H and O–H groups in total. The van der Waals surface area contributed by atoms with Gasteiger partial charge in [0.25, 0.3) is 5.91 Å². The number of nitrogens with zero attached hydrogens (tertiary/aromatic N) is 3. The van der Waals surface area contributed by atoms with Gasteiger partial charge in [-0.1, -0.05) is 29.5 Å². The van der Waals surface area contributed by atoms with Crippen LogP contribution in [0.5, 0.6) is 5.75 Å². The van der Waals surface area contributed by atoms with E-state index in [1.807, 2.05) is 0 Å². The zero-order chi connectivity index (χ0) is 18.3. The molecular weight excluding hydrogens is 374 g/mol. The van der Waals surface area contributed by atoms with Crippen LogP contribution in [0.3, 0.4) is 0 Å². The predicted octanol–water partition coefficient (Wildman–Crippen LogP) is 3.09. The summed E-state index contributed by atoms with van der Waals surface area (Å²) in [5.41, 5.74) is 2.01. The molecule has 3 heterocycles. The van der Waals surface area contributed by atoms with E-state index in [0.29, 0.717) is 10.4 Å². The van der Waals surface area contributed by atoms with Gasteiger partial charge >= 0.3 is 0 Å². The van der Waals surface area contributed by atoms with E-state index in [-0.39, 0.29) is 16.5 Å². The molecule has 1 atom stereocenters. The van der Waals surface area contributed by atoms with Gasteiger partial charge in [0, 0.05) is 0 Å². The largest absolute Gasteiger partial charge is 0.508 e. The van der Waals surface area contributed by atoms with Crippen LogP contribution in [0.1, 0.15) is 21.3 Å². The molecule has 26 heavy (non-hydrogen) atoms. The van der Waals surface area contributed by atoms with Crippen molar-refractivity contribution in [3.05, 3.63) is 69.1 Å². The number of carbonyl (C=O) groups excluding carboxylic acids is 2. The number of phenols is 1. The van der Waals surface area contributed by atoms with Crippen LogP contribution in [0.2, 0.25) is 0 Å². The van der Waals surface area contributed by atoms with Crippen molar-refractivity contribution >= 4 is 39.5 Å². The standard InChI is InChI=1S/C17H11N3O4S2/c21-10-5-3-9(4-6-10)13-12(14(22)11-2-1-7-25-11)15(23)16(24)20(13)17-19-18-8-26-17/h1-8,13,21,23H. The molecule has 1 aromatic carbocycles. The van der Waals surface area contributed by atoms with Crippen molar-refractivity contribution < 1.29 is 19.8 Å². The number of aromatic hydroxyl groups is 1. The van der Waals surface area contributed by atoms with Crippen molar-refractivity contribution in [3.63, 3.8) is 0 Å². The van der Waals surface area contributed by atoms with Gasteiger partial charge in [-0.05, 0) is 29.1 Å². The van der Waals surface area contributed by atoms with Gasteiger partial charge in [0.05, 0.1) is 16.5 Å². The van der Waals surface area contributed by atoms with E-state index in [2.05, 4.69) is 10.2 Å². The molecule has 1 amide bonds. The Morgan fingerprint density at radius 2 is 1.88 bits per heavy atom. The van der Waals surface area contributed by atoms with Crippen molar-refractivity contribution in [1.82, 2.24) is 10.2 Å². The molecule has 1 aliphatic heterocycles. The Morgan fingerprint density at radius 1 is 1.12 bits per heavy atom. The molecule has 0 bridgehead atoms. The Balaban J connectivity index is 1.88. The highest BCUT2D eigenvalue weighted by molar-refractivity contribution is 7.13. The summed E-state index contributed by atoms with van der Waals surface area (Å²) in [6.07, 6.45) is 0. The fourth-order valence-corrected chi connectivity index (χ4v) is 4.08. The van der Waals surface area contributed by atoms with Crippen LogP contribution >= 0.6 is 22.7 Å². The zero-order valence-corrected chi connectivity index (χ0v) is 14.7. The number of hydrogen-bond acceptors (Lipinski definition) is 8. The summed E-state index contributed by atoms with van der Waals surface area (Å²) >= 11 is 2.36. The number of aliphatic hydroxyl groups excluding tert-OH is 1. The fourth-order valence-electron chi connectivity index (χ4n) is 2.82. The van der Waals surface area contributed by atoms with Crippen molar-refractivity contribution in [2.45, 2.75) is 6.04 Å². The van der Waals surface area contributed by atoms with E-state index in [1.165, 1.54) is 33.9 Å². The number of rotatable bonds is 4. The fraction of sp³-hybridized carbons (Fsp3) is 0.0588. The summed E-state index contributed by atoms with van der Waals surface area (Å²) in [5.74, 6) is -1.67. The second-order valence-electron chi connectivity index (χ2n) is 5.46. The van der Waals surface area contributed by atoms with Crippen LogP contribution in [-0.2, 0) is 4.79 Å². The molecule has 7 nitrogen and oxygen atoms in total. The van der Waals surface area contributed by atoms with Crippen molar-refractivity contribution in [2.75, 3.05) is 4.90 Å². The van der Waals surface area contributed by atoms with E-state index in [9.17, 15) is 19.8 Å². The number of hydrogen-bond donors (Lipinski definition) is 2. The first kappa shape index (κ1) is 16.4. The van der Waals surface area contributed by atoms with Gasteiger partial charge in [0.2, 0.25) is 10.9 Å². The third kappa shape index (κ3) is 2.57. The smallest absolute Gasteiger partial charge is 0.296 e. The summed E-state index contributed by atoms with van der Waals surface area (Å²) in [5, 5.41) is 29.7. The highest BCUT2D eigenvalue weighted by Gasteiger charge is 2.46. The van der Waals surface area contributed by atoms with Gasteiger partial charge in [-0.3, -0.25) is 14.5 Å². The lowest BCUT2D eigenvalue weighted by Gasteiger charge is -2.23. The quantitative estimate of drug-likeness (QED) is 0.669. The third-order valence-corrected chi connectivity index (χ3v) is 5.52. The summed E-state index contributed by atoms with van der Waals surface area (Å²) in [6.45, 7) is 0. The minimum Gasteiger partial charge on any atom is -0.508 e. The number of anilines is 1. The second-order valence-corrected chi connectivity index (χ2v) is 7.22. The highest BCUT2D eigenvalue weighted by Crippen LogP contribution is 2.42. The van der Waals surface area contributed by atoms with Gasteiger partial charge < -0.3 is 10.2 Å². The molecule has 0 spiro atoms. The summed E-state index contributed by atoms with van der Waals surface area (Å²) in [4.78, 5) is 27.3. The number of amides is 1. The Morgan fingerprint density at radius 3 is 2.50 bits per heavy atom. The van der Waals surface area contributed by atoms with Crippen LogP contribution in [-0.4, -0.2) is 32.1 Å². The topological polar surface area (TPSA) is 104 Å². The van der Waals surface area contributed by atoms with E-state index >= 15 is 0 Å². The monoisotopic (exact) mass is 385 g/mol. The van der Waals surface area contributed by atoms with Gasteiger partial charge in [0.15, 0.2) is 5.76 Å². The minimum atomic E-state index is -0.856. The summed E-state index contributed by atoms with van der Waals surface area (Å²) in [7, 11) is 0. The lowest BCUT2D eigenvalue weighted by Crippen LogP contribution is -2.30. The molecule has 0 aliphatic carbocycles. The first-order valence-corrected chi connectivity index (χ1v) is 9.24. The average Bonchev–Trinajstić information content (AvgIpc) is 3.38. The molecule has 130 valence electrons. The maximum Gasteiger partial charge on any atom is 0.296 e. The molecule has 0 radical (unpaired) electrons. The SMILES string of the molecule is O=C(C1=C(O)C(=O)N(c2nncs2)C1c1ccc(O)cc1)c1cccs1. The molecule has 2 aromatic heterocycles. The number of aliphatic hydroxyl groups is 1. The number of thiophene rings is 1. The van der Waals surface area contributed by atoms with Crippen molar-refractivity contribution in [2.24, 2.45) is 0 Å². The predicted molar refractivity (Wildman–Crippen MR) is 96.5 cm³/mol. The lowest BCUT2D eigenvalue weighted by molar-refractivity contribution is -0.117. The Kier molecular flexibility index (Phi) is 4.02. The second kappa shape index (κ2) is 6.36.